The molecule has 3 rings (SSSR count). The van der Waals surface area contributed by atoms with Gasteiger partial charge in [-0.2, -0.15) is 4.80 Å². The van der Waals surface area contributed by atoms with Crippen LogP contribution in [0.4, 0.5) is 0 Å². The molecule has 1 N–H and O–H groups in total. The molecule has 25 heavy (non-hydrogen) atoms. The van der Waals surface area contributed by atoms with Gasteiger partial charge in [-0.05, 0) is 29.5 Å². The first-order valence-electron chi connectivity index (χ1n) is 9.29. The van der Waals surface area contributed by atoms with E-state index >= 15 is 0 Å². The lowest BCUT2D eigenvalue weighted by atomic mass is 10.0. The molecule has 0 radical (unpaired) electrons. The van der Waals surface area contributed by atoms with Gasteiger partial charge in [-0.1, -0.05) is 63.8 Å². The molecule has 1 fully saturated rings. The molecule has 2 aromatic rings. The Hall–Kier alpha value is -2.24. The average molecular weight is 341 g/mol. The standard InChI is InChI=1S/C19H27N5O/c1-14(2)15-9-11-16(12-10-15)19-21-23-24(22-19)13-18(25)20-17-7-5-3-4-6-8-17/h9-12,14,17H,3-8,13H2,1-2H3,(H,20,25). The SMILES string of the molecule is CC(C)c1ccc(-c2nnn(CC(=O)NC3CCCCCC3)n2)cc1. The van der Waals surface area contributed by atoms with Crippen molar-refractivity contribution in [3.8, 4) is 11.4 Å². The van der Waals surface area contributed by atoms with Crippen molar-refractivity contribution in [2.24, 2.45) is 0 Å². The van der Waals surface area contributed by atoms with E-state index in [9.17, 15) is 4.79 Å². The fraction of sp³-hybridized carbons (Fsp3) is 0.579. The number of hydrogen-bond donors (Lipinski definition) is 1. The summed E-state index contributed by atoms with van der Waals surface area (Å²) in [5, 5.41) is 15.5. The summed E-state index contributed by atoms with van der Waals surface area (Å²) in [5.74, 6) is 1.01. The van der Waals surface area contributed by atoms with E-state index in [-0.39, 0.29) is 12.5 Å². The van der Waals surface area contributed by atoms with Gasteiger partial charge in [0.2, 0.25) is 11.7 Å². The summed E-state index contributed by atoms with van der Waals surface area (Å²) in [5.41, 5.74) is 2.19. The molecule has 0 unspecified atom stereocenters. The van der Waals surface area contributed by atoms with Crippen LogP contribution in [0.3, 0.4) is 0 Å². The van der Waals surface area contributed by atoms with Crippen LogP contribution in [0.2, 0.25) is 0 Å². The van der Waals surface area contributed by atoms with Crippen LogP contribution in [0.5, 0.6) is 0 Å². The third kappa shape index (κ3) is 4.87. The van der Waals surface area contributed by atoms with Crippen molar-refractivity contribution in [3.05, 3.63) is 29.8 Å². The number of aromatic nitrogens is 4. The zero-order valence-corrected chi connectivity index (χ0v) is 15.1. The molecule has 0 saturated heterocycles. The predicted molar refractivity (Wildman–Crippen MR) is 97.0 cm³/mol. The summed E-state index contributed by atoms with van der Waals surface area (Å²) in [6.07, 6.45) is 7.09. The normalized spacial score (nSPS) is 16.0. The minimum absolute atomic E-state index is 0.0361. The second kappa shape index (κ2) is 8.23. The Bertz CT molecular complexity index is 684. The first kappa shape index (κ1) is 17.6. The van der Waals surface area contributed by atoms with Gasteiger partial charge in [-0.3, -0.25) is 4.79 Å². The van der Waals surface area contributed by atoms with Crippen LogP contribution in [-0.2, 0) is 11.3 Å². The van der Waals surface area contributed by atoms with Crippen LogP contribution in [0.1, 0.15) is 63.9 Å². The monoisotopic (exact) mass is 341 g/mol. The average Bonchev–Trinajstić information content (AvgIpc) is 2.90. The van der Waals surface area contributed by atoms with E-state index in [2.05, 4.69) is 46.7 Å². The lowest BCUT2D eigenvalue weighted by Crippen LogP contribution is -2.37. The summed E-state index contributed by atoms with van der Waals surface area (Å²) in [6, 6.07) is 8.46. The quantitative estimate of drug-likeness (QED) is 0.847. The van der Waals surface area contributed by atoms with Crippen molar-refractivity contribution in [2.45, 2.75) is 70.9 Å². The Morgan fingerprint density at radius 1 is 1.16 bits per heavy atom. The number of rotatable bonds is 5. The van der Waals surface area contributed by atoms with Crippen LogP contribution in [-0.4, -0.2) is 32.2 Å². The summed E-state index contributed by atoms with van der Waals surface area (Å²) in [6.45, 7) is 4.44. The second-order valence-corrected chi connectivity index (χ2v) is 7.18. The summed E-state index contributed by atoms with van der Waals surface area (Å²) < 4.78 is 0. The van der Waals surface area contributed by atoms with E-state index in [1.165, 1.54) is 36.0 Å². The van der Waals surface area contributed by atoms with Crippen LogP contribution in [0.15, 0.2) is 24.3 Å². The minimum Gasteiger partial charge on any atom is -0.352 e. The maximum atomic E-state index is 12.2. The molecule has 1 saturated carbocycles. The van der Waals surface area contributed by atoms with E-state index in [0.29, 0.717) is 17.8 Å². The van der Waals surface area contributed by atoms with Gasteiger partial charge in [0.05, 0.1) is 0 Å². The first-order chi connectivity index (χ1) is 12.1. The number of hydrogen-bond acceptors (Lipinski definition) is 4. The van der Waals surface area contributed by atoms with Gasteiger partial charge in [-0.15, -0.1) is 10.2 Å². The van der Waals surface area contributed by atoms with E-state index in [1.54, 1.807) is 0 Å². The molecular formula is C19H27N5O. The predicted octanol–water partition coefficient (Wildman–Crippen LogP) is 3.30. The zero-order chi connectivity index (χ0) is 17.6. The van der Waals surface area contributed by atoms with E-state index in [4.69, 9.17) is 0 Å². The van der Waals surface area contributed by atoms with Crippen LogP contribution in [0, 0.1) is 0 Å². The smallest absolute Gasteiger partial charge is 0.243 e. The minimum atomic E-state index is -0.0361. The number of amides is 1. The van der Waals surface area contributed by atoms with E-state index in [1.807, 2.05) is 12.1 Å². The van der Waals surface area contributed by atoms with E-state index < -0.39 is 0 Å². The summed E-state index contributed by atoms with van der Waals surface area (Å²) in [7, 11) is 0. The summed E-state index contributed by atoms with van der Waals surface area (Å²) in [4.78, 5) is 13.6. The highest BCUT2D eigenvalue weighted by Crippen LogP contribution is 2.19. The molecule has 1 aliphatic carbocycles. The molecule has 134 valence electrons. The topological polar surface area (TPSA) is 72.7 Å². The van der Waals surface area contributed by atoms with Gasteiger partial charge in [-0.25, -0.2) is 0 Å². The number of benzene rings is 1. The molecule has 0 aliphatic heterocycles. The first-order valence-corrected chi connectivity index (χ1v) is 9.29. The Morgan fingerprint density at radius 2 is 1.84 bits per heavy atom. The van der Waals surface area contributed by atoms with Crippen molar-refractivity contribution in [1.82, 2.24) is 25.5 Å². The van der Waals surface area contributed by atoms with Gasteiger partial charge < -0.3 is 5.32 Å². The molecule has 1 heterocycles. The molecule has 0 spiro atoms. The fourth-order valence-electron chi connectivity index (χ4n) is 3.27. The number of nitrogens with one attached hydrogen (secondary N) is 1. The Balaban J connectivity index is 1.58. The molecule has 6 heteroatoms. The van der Waals surface area contributed by atoms with E-state index in [0.717, 1.165) is 18.4 Å². The van der Waals surface area contributed by atoms with Gasteiger partial charge in [0.25, 0.3) is 0 Å². The maximum Gasteiger partial charge on any atom is 0.243 e. The lowest BCUT2D eigenvalue weighted by Gasteiger charge is -2.15. The molecule has 1 aliphatic rings. The Kier molecular flexibility index (Phi) is 5.79. The van der Waals surface area contributed by atoms with Gasteiger partial charge >= 0.3 is 0 Å². The van der Waals surface area contributed by atoms with Crippen molar-refractivity contribution >= 4 is 5.91 Å². The summed E-state index contributed by atoms with van der Waals surface area (Å²) >= 11 is 0. The molecule has 6 nitrogen and oxygen atoms in total. The highest BCUT2D eigenvalue weighted by atomic mass is 16.2. The Morgan fingerprint density at radius 3 is 2.48 bits per heavy atom. The molecule has 1 aromatic heterocycles. The second-order valence-electron chi connectivity index (χ2n) is 7.18. The maximum absolute atomic E-state index is 12.2. The number of nitrogens with zero attached hydrogens (tertiary/aromatic N) is 4. The number of tetrazole rings is 1. The van der Waals surface area contributed by atoms with Crippen LogP contribution >= 0.6 is 0 Å². The number of carbonyl (C=O) groups excluding carboxylic acids is 1. The van der Waals surface area contributed by atoms with Crippen LogP contribution in [0.25, 0.3) is 11.4 Å². The molecule has 0 bridgehead atoms. The van der Waals surface area contributed by atoms with Crippen molar-refractivity contribution in [2.75, 3.05) is 0 Å². The van der Waals surface area contributed by atoms with Gasteiger partial charge in [0.1, 0.15) is 6.54 Å². The molecule has 1 amide bonds. The highest BCUT2D eigenvalue weighted by Gasteiger charge is 2.16. The third-order valence-corrected chi connectivity index (χ3v) is 4.79. The van der Waals surface area contributed by atoms with Gasteiger partial charge in [0.15, 0.2) is 0 Å². The molecular weight excluding hydrogens is 314 g/mol. The lowest BCUT2D eigenvalue weighted by molar-refractivity contribution is -0.122. The van der Waals surface area contributed by atoms with Crippen LogP contribution < -0.4 is 5.32 Å². The van der Waals surface area contributed by atoms with Crippen molar-refractivity contribution in [3.63, 3.8) is 0 Å². The van der Waals surface area contributed by atoms with Crippen molar-refractivity contribution in [1.29, 1.82) is 0 Å². The van der Waals surface area contributed by atoms with Gasteiger partial charge in [0, 0.05) is 11.6 Å². The number of carbonyl (C=O) groups is 1. The molecule has 0 atom stereocenters. The Labute approximate surface area is 149 Å². The fourth-order valence-corrected chi connectivity index (χ4v) is 3.27. The zero-order valence-electron chi connectivity index (χ0n) is 15.1. The largest absolute Gasteiger partial charge is 0.352 e. The highest BCUT2D eigenvalue weighted by molar-refractivity contribution is 5.75. The molecule has 1 aromatic carbocycles. The van der Waals surface area contributed by atoms with Crippen molar-refractivity contribution < 1.29 is 4.79 Å². The third-order valence-electron chi connectivity index (χ3n) is 4.79.